The summed E-state index contributed by atoms with van der Waals surface area (Å²) in [4.78, 5) is 0. The molecule has 0 radical (unpaired) electrons. The second-order valence-electron chi connectivity index (χ2n) is 5.51. The van der Waals surface area contributed by atoms with Crippen LogP contribution in [0.3, 0.4) is 0 Å². The van der Waals surface area contributed by atoms with Crippen LogP contribution in [0.4, 0.5) is 0 Å². The molecule has 1 atom stereocenters. The third kappa shape index (κ3) is 3.76. The molecule has 1 aromatic rings. The lowest BCUT2D eigenvalue weighted by Gasteiger charge is -2.20. The van der Waals surface area contributed by atoms with E-state index in [1.165, 1.54) is 27.8 Å². The molecule has 110 valence electrons. The molecule has 20 heavy (non-hydrogen) atoms. The van der Waals surface area contributed by atoms with Gasteiger partial charge in [-0.25, -0.2) is 0 Å². The Hall–Kier alpha value is -1.01. The first-order valence-electron chi connectivity index (χ1n) is 7.62. The van der Waals surface area contributed by atoms with Crippen LogP contribution in [0.2, 0.25) is 5.02 Å². The first-order valence-corrected chi connectivity index (χ1v) is 7.99. The van der Waals surface area contributed by atoms with E-state index in [9.17, 15) is 0 Å². The maximum absolute atomic E-state index is 6.54. The molecule has 0 heterocycles. The van der Waals surface area contributed by atoms with Gasteiger partial charge < -0.3 is 0 Å². The topological polar surface area (TPSA) is 0 Å². The molecule has 0 aromatic heterocycles. The molecule has 0 saturated heterocycles. The van der Waals surface area contributed by atoms with Crippen LogP contribution in [0.1, 0.15) is 57.2 Å². The summed E-state index contributed by atoms with van der Waals surface area (Å²) in [6.07, 6.45) is 3.96. The van der Waals surface area contributed by atoms with Gasteiger partial charge in [-0.05, 0) is 53.9 Å². The van der Waals surface area contributed by atoms with Crippen molar-refractivity contribution in [2.75, 3.05) is 0 Å². The Morgan fingerprint density at radius 1 is 1.15 bits per heavy atom. The molecule has 0 aliphatic carbocycles. The zero-order chi connectivity index (χ0) is 15.3. The van der Waals surface area contributed by atoms with Crippen LogP contribution in [0.5, 0.6) is 0 Å². The number of hydrogen-bond donors (Lipinski definition) is 0. The zero-order valence-corrected chi connectivity index (χ0v) is 14.1. The van der Waals surface area contributed by atoms with Gasteiger partial charge in [-0.3, -0.25) is 0 Å². The van der Waals surface area contributed by atoms with E-state index in [2.05, 4.69) is 53.0 Å². The zero-order valence-electron chi connectivity index (χ0n) is 13.4. The Balaban J connectivity index is 3.10. The monoisotopic (exact) mass is 290 g/mol. The van der Waals surface area contributed by atoms with Gasteiger partial charge in [0.2, 0.25) is 0 Å². The smallest absolute Gasteiger partial charge is 0.0475 e. The van der Waals surface area contributed by atoms with Crippen molar-refractivity contribution in [1.82, 2.24) is 0 Å². The molecule has 1 heteroatoms. The van der Waals surface area contributed by atoms with E-state index in [1.807, 2.05) is 0 Å². The molecule has 0 bridgehead atoms. The largest absolute Gasteiger partial charge is 0.0999 e. The molecular weight excluding hydrogens is 264 g/mol. The van der Waals surface area contributed by atoms with Gasteiger partial charge in [-0.2, -0.15) is 0 Å². The van der Waals surface area contributed by atoms with Crippen molar-refractivity contribution in [2.24, 2.45) is 5.92 Å². The predicted octanol–water partition coefficient (Wildman–Crippen LogP) is 6.47. The highest BCUT2D eigenvalue weighted by molar-refractivity contribution is 6.32. The molecule has 0 nitrogen and oxygen atoms in total. The third-order valence-electron chi connectivity index (χ3n) is 4.09. The van der Waals surface area contributed by atoms with E-state index >= 15 is 0 Å². The van der Waals surface area contributed by atoms with Crippen molar-refractivity contribution >= 4 is 17.2 Å². The average molecular weight is 291 g/mol. The van der Waals surface area contributed by atoms with Crippen molar-refractivity contribution in [3.63, 3.8) is 0 Å². The highest BCUT2D eigenvalue weighted by Crippen LogP contribution is 2.34. The summed E-state index contributed by atoms with van der Waals surface area (Å²) in [5.41, 5.74) is 6.16. The highest BCUT2D eigenvalue weighted by Gasteiger charge is 2.16. The van der Waals surface area contributed by atoms with Gasteiger partial charge in [0.15, 0.2) is 0 Å². The lowest BCUT2D eigenvalue weighted by atomic mass is 9.86. The number of allylic oxidation sites excluding steroid dienone is 2. The van der Waals surface area contributed by atoms with Gasteiger partial charge in [0, 0.05) is 5.02 Å². The van der Waals surface area contributed by atoms with E-state index in [0.29, 0.717) is 5.92 Å². The molecule has 1 unspecified atom stereocenters. The number of aryl methyl sites for hydroxylation is 1. The summed E-state index contributed by atoms with van der Waals surface area (Å²) >= 11 is 6.54. The lowest BCUT2D eigenvalue weighted by Crippen LogP contribution is -2.03. The molecule has 1 aromatic carbocycles. The van der Waals surface area contributed by atoms with E-state index < -0.39 is 0 Å². The Labute approximate surface area is 129 Å². The van der Waals surface area contributed by atoms with Crippen molar-refractivity contribution in [3.8, 4) is 0 Å². The first-order chi connectivity index (χ1) is 9.46. The molecule has 0 spiro atoms. The van der Waals surface area contributed by atoms with Crippen LogP contribution in [-0.4, -0.2) is 0 Å². The van der Waals surface area contributed by atoms with Crippen LogP contribution in [0.25, 0.3) is 5.57 Å². The summed E-state index contributed by atoms with van der Waals surface area (Å²) in [6.45, 7) is 17.1. The minimum absolute atomic E-state index is 0.413. The van der Waals surface area contributed by atoms with E-state index in [1.54, 1.807) is 0 Å². The Morgan fingerprint density at radius 3 is 2.30 bits per heavy atom. The number of benzene rings is 1. The van der Waals surface area contributed by atoms with E-state index in [0.717, 1.165) is 30.7 Å². The summed E-state index contributed by atoms with van der Waals surface area (Å²) in [5, 5.41) is 0.926. The molecule has 0 amide bonds. The van der Waals surface area contributed by atoms with Crippen LogP contribution >= 0.6 is 11.6 Å². The SMILES string of the molecule is C=C(CC)CC(C)C(=C)c1ccc(CC)c(Cl)c1CC. The van der Waals surface area contributed by atoms with E-state index in [4.69, 9.17) is 11.6 Å². The van der Waals surface area contributed by atoms with E-state index in [-0.39, 0.29) is 0 Å². The quantitative estimate of drug-likeness (QED) is 0.505. The van der Waals surface area contributed by atoms with Crippen LogP contribution < -0.4 is 0 Å². The minimum Gasteiger partial charge on any atom is -0.0999 e. The summed E-state index contributed by atoms with van der Waals surface area (Å²) in [6, 6.07) is 4.33. The summed E-state index contributed by atoms with van der Waals surface area (Å²) in [7, 11) is 0. The van der Waals surface area contributed by atoms with Gasteiger partial charge in [0.25, 0.3) is 0 Å². The molecule has 0 saturated carbocycles. The predicted molar refractivity (Wildman–Crippen MR) is 92.5 cm³/mol. The van der Waals surface area contributed by atoms with Crippen molar-refractivity contribution in [3.05, 3.63) is 52.6 Å². The van der Waals surface area contributed by atoms with Crippen LogP contribution in [0.15, 0.2) is 30.9 Å². The van der Waals surface area contributed by atoms with Gasteiger partial charge in [-0.15, -0.1) is 0 Å². The Morgan fingerprint density at radius 2 is 1.80 bits per heavy atom. The fourth-order valence-corrected chi connectivity index (χ4v) is 2.99. The molecule has 1 rings (SSSR count). The summed E-state index contributed by atoms with van der Waals surface area (Å²) in [5.74, 6) is 0.413. The van der Waals surface area contributed by atoms with Crippen LogP contribution in [-0.2, 0) is 12.8 Å². The standard InChI is InChI=1S/C19H27Cl/c1-7-13(4)12-14(5)15(6)18-11-10-16(8-2)19(20)17(18)9-3/h10-11,14H,4,6-9,12H2,1-3,5H3. The van der Waals surface area contributed by atoms with Crippen molar-refractivity contribution < 1.29 is 0 Å². The van der Waals surface area contributed by atoms with Gasteiger partial charge in [0.1, 0.15) is 0 Å². The van der Waals surface area contributed by atoms with Gasteiger partial charge in [0.05, 0.1) is 0 Å². The number of halogens is 1. The van der Waals surface area contributed by atoms with Gasteiger partial charge in [-0.1, -0.05) is 70.2 Å². The molecule has 0 fully saturated rings. The third-order valence-corrected chi connectivity index (χ3v) is 4.56. The van der Waals surface area contributed by atoms with Crippen molar-refractivity contribution in [1.29, 1.82) is 0 Å². The maximum atomic E-state index is 6.54. The number of rotatable bonds is 7. The Bertz CT molecular complexity index is 497. The molecule has 0 aliphatic heterocycles. The molecular formula is C19H27Cl. The van der Waals surface area contributed by atoms with Crippen LogP contribution in [0, 0.1) is 5.92 Å². The normalized spacial score (nSPS) is 12.2. The maximum Gasteiger partial charge on any atom is 0.0475 e. The van der Waals surface area contributed by atoms with Gasteiger partial charge >= 0.3 is 0 Å². The molecule has 0 N–H and O–H groups in total. The fraction of sp³-hybridized carbons (Fsp3) is 0.474. The lowest BCUT2D eigenvalue weighted by molar-refractivity contribution is 0.719. The number of hydrogen-bond acceptors (Lipinski definition) is 0. The average Bonchev–Trinajstić information content (AvgIpc) is 2.45. The summed E-state index contributed by atoms with van der Waals surface area (Å²) < 4.78 is 0. The first kappa shape index (κ1) is 17.0. The second kappa shape index (κ2) is 7.69. The Kier molecular flexibility index (Phi) is 6.55. The second-order valence-corrected chi connectivity index (χ2v) is 5.88. The minimum atomic E-state index is 0.413. The van der Waals surface area contributed by atoms with Crippen molar-refractivity contribution in [2.45, 2.75) is 53.4 Å². The fourth-order valence-electron chi connectivity index (χ4n) is 2.56. The highest BCUT2D eigenvalue weighted by atomic mass is 35.5. The molecule has 0 aliphatic rings.